The van der Waals surface area contributed by atoms with Crippen molar-refractivity contribution in [2.45, 2.75) is 157 Å². The molecule has 0 aliphatic rings. The Morgan fingerprint density at radius 1 is 0.647 bits per heavy atom. The molecule has 0 aliphatic heterocycles. The predicted molar refractivity (Wildman–Crippen MR) is 137 cm³/mol. The van der Waals surface area contributed by atoms with E-state index in [4.69, 9.17) is 30.5 Å². The maximum absolute atomic E-state index is 8.85. The van der Waals surface area contributed by atoms with Crippen molar-refractivity contribution in [2.75, 3.05) is 6.61 Å². The summed E-state index contributed by atoms with van der Waals surface area (Å²) >= 11 is 0. The molecule has 0 aliphatic carbocycles. The predicted octanol–water partition coefficient (Wildman–Crippen LogP) is 7.48. The SMILES string of the molecule is CCC(CC)(OO)OOC(CC)(CC)OO.CCCCC(CC)CO.CCCCCCC(C)O. The van der Waals surface area contributed by atoms with Crippen molar-refractivity contribution in [1.82, 2.24) is 0 Å². The highest BCUT2D eigenvalue weighted by atomic mass is 17.3. The minimum atomic E-state index is -1.23. The average molecular weight is 499 g/mol. The van der Waals surface area contributed by atoms with E-state index in [0.29, 0.717) is 38.2 Å². The van der Waals surface area contributed by atoms with Gasteiger partial charge in [0.05, 0.1) is 6.10 Å². The monoisotopic (exact) mass is 498 g/mol. The van der Waals surface area contributed by atoms with E-state index < -0.39 is 11.6 Å². The third kappa shape index (κ3) is 19.9. The van der Waals surface area contributed by atoms with Crippen LogP contribution >= 0.6 is 0 Å². The van der Waals surface area contributed by atoms with Gasteiger partial charge in [0.25, 0.3) is 0 Å². The first kappa shape index (κ1) is 38.2. The second-order valence-corrected chi connectivity index (χ2v) is 8.88. The molecule has 0 fully saturated rings. The lowest BCUT2D eigenvalue weighted by Gasteiger charge is -2.32. The van der Waals surface area contributed by atoms with E-state index in [1.54, 1.807) is 27.7 Å². The van der Waals surface area contributed by atoms with Crippen molar-refractivity contribution in [3.8, 4) is 0 Å². The standard InChI is InChI=1S/C10H22O6.2C8H18O/c1-5-9(6-2,13-11)15-16-10(7-3,8-4)14-12;1-3-4-5-6-7-8(2)9;1-3-5-6-8(4-2)7-9/h11-12H,5-8H2,1-4H3;2*8-9H,3-7H2,1-2H3. The van der Waals surface area contributed by atoms with Gasteiger partial charge in [-0.25, -0.2) is 20.3 Å². The molecule has 0 bridgehead atoms. The van der Waals surface area contributed by atoms with E-state index in [1.165, 1.54) is 44.9 Å². The molecule has 0 heterocycles. The summed E-state index contributed by atoms with van der Waals surface area (Å²) in [5.74, 6) is -1.90. The maximum atomic E-state index is 8.85. The van der Waals surface area contributed by atoms with E-state index in [-0.39, 0.29) is 6.10 Å². The van der Waals surface area contributed by atoms with Gasteiger partial charge in [0.15, 0.2) is 0 Å². The summed E-state index contributed by atoms with van der Waals surface area (Å²) in [4.78, 5) is 18.7. The quantitative estimate of drug-likeness (QED) is 0.0626. The van der Waals surface area contributed by atoms with Crippen LogP contribution in [0.2, 0.25) is 0 Å². The Kier molecular flexibility index (Phi) is 29.0. The van der Waals surface area contributed by atoms with Crippen molar-refractivity contribution in [2.24, 2.45) is 5.92 Å². The van der Waals surface area contributed by atoms with Gasteiger partial charge in [-0.1, -0.05) is 93.4 Å². The highest BCUT2D eigenvalue weighted by Crippen LogP contribution is 2.28. The Morgan fingerprint density at radius 2 is 1.09 bits per heavy atom. The highest BCUT2D eigenvalue weighted by Gasteiger charge is 2.37. The first-order valence-electron chi connectivity index (χ1n) is 13.5. The van der Waals surface area contributed by atoms with Gasteiger partial charge in [-0.15, -0.1) is 0 Å². The Morgan fingerprint density at radius 3 is 1.35 bits per heavy atom. The minimum absolute atomic E-state index is 0.0955. The van der Waals surface area contributed by atoms with Crippen LogP contribution in [-0.4, -0.2) is 45.0 Å². The first-order chi connectivity index (χ1) is 16.2. The third-order valence-corrected chi connectivity index (χ3v) is 6.11. The molecule has 0 saturated heterocycles. The summed E-state index contributed by atoms with van der Waals surface area (Å²) in [6, 6.07) is 0. The van der Waals surface area contributed by atoms with E-state index in [9.17, 15) is 0 Å². The van der Waals surface area contributed by atoms with Crippen LogP contribution in [0.1, 0.15) is 139 Å². The van der Waals surface area contributed by atoms with Gasteiger partial charge < -0.3 is 10.2 Å². The van der Waals surface area contributed by atoms with Crippen molar-refractivity contribution in [3.63, 3.8) is 0 Å². The summed E-state index contributed by atoms with van der Waals surface area (Å²) in [6.45, 7) is 15.9. The largest absolute Gasteiger partial charge is 0.396 e. The van der Waals surface area contributed by atoms with Gasteiger partial charge in [-0.3, -0.25) is 0 Å². The Bertz CT molecular complexity index is 344. The average Bonchev–Trinajstić information content (AvgIpc) is 2.87. The zero-order valence-corrected chi connectivity index (χ0v) is 23.5. The zero-order chi connectivity index (χ0) is 26.9. The van der Waals surface area contributed by atoms with Crippen molar-refractivity contribution < 1.29 is 40.3 Å². The van der Waals surface area contributed by atoms with Crippen LogP contribution in [-0.2, 0) is 19.6 Å². The number of aliphatic hydroxyl groups is 2. The molecule has 8 nitrogen and oxygen atoms in total. The van der Waals surface area contributed by atoms with Crippen molar-refractivity contribution >= 4 is 0 Å². The molecule has 0 aromatic carbocycles. The molecule has 210 valence electrons. The summed E-state index contributed by atoms with van der Waals surface area (Å²) in [5, 5.41) is 35.2. The Hall–Kier alpha value is -0.320. The van der Waals surface area contributed by atoms with Gasteiger partial charge in [0, 0.05) is 32.3 Å². The van der Waals surface area contributed by atoms with Crippen molar-refractivity contribution in [1.29, 1.82) is 0 Å². The number of hydrogen-bond donors (Lipinski definition) is 4. The van der Waals surface area contributed by atoms with E-state index in [0.717, 1.165) is 12.8 Å². The fourth-order valence-corrected chi connectivity index (χ4v) is 2.96. The van der Waals surface area contributed by atoms with Crippen LogP contribution in [0.25, 0.3) is 0 Å². The topological polar surface area (TPSA) is 118 Å². The fourth-order valence-electron chi connectivity index (χ4n) is 2.96. The molecule has 0 aromatic rings. The summed E-state index contributed by atoms with van der Waals surface area (Å²) in [5.41, 5.74) is 0. The molecule has 0 aromatic heterocycles. The smallest absolute Gasteiger partial charge is 0.233 e. The second-order valence-electron chi connectivity index (χ2n) is 8.88. The highest BCUT2D eigenvalue weighted by molar-refractivity contribution is 4.64. The number of aliphatic hydroxyl groups excluding tert-OH is 2. The number of unbranched alkanes of at least 4 members (excludes halogenated alkanes) is 4. The summed E-state index contributed by atoms with van der Waals surface area (Å²) in [7, 11) is 0. The Balaban J connectivity index is -0.000000457. The van der Waals surface area contributed by atoms with Crippen LogP contribution in [0.4, 0.5) is 0 Å². The van der Waals surface area contributed by atoms with Gasteiger partial charge in [-0.2, -0.15) is 9.78 Å². The molecular formula is C26H58O8. The van der Waals surface area contributed by atoms with E-state index in [2.05, 4.69) is 30.5 Å². The first-order valence-corrected chi connectivity index (χ1v) is 13.5. The minimum Gasteiger partial charge on any atom is -0.396 e. The normalized spacial score (nSPS) is 13.4. The number of rotatable bonds is 19. The lowest BCUT2D eigenvalue weighted by Crippen LogP contribution is -2.41. The molecule has 4 N–H and O–H groups in total. The molecule has 2 unspecified atom stereocenters. The molecule has 2 atom stereocenters. The second kappa shape index (κ2) is 25.8. The van der Waals surface area contributed by atoms with Crippen LogP contribution < -0.4 is 0 Å². The summed E-state index contributed by atoms with van der Waals surface area (Å²) in [6.07, 6.45) is 12.4. The van der Waals surface area contributed by atoms with Crippen LogP contribution in [0.15, 0.2) is 0 Å². The van der Waals surface area contributed by atoms with E-state index in [1.807, 2.05) is 6.92 Å². The zero-order valence-electron chi connectivity index (χ0n) is 23.5. The van der Waals surface area contributed by atoms with Crippen LogP contribution in [0.5, 0.6) is 0 Å². The van der Waals surface area contributed by atoms with E-state index >= 15 is 0 Å². The fraction of sp³-hybridized carbons (Fsp3) is 1.00. The third-order valence-electron chi connectivity index (χ3n) is 6.11. The molecule has 0 radical (unpaired) electrons. The van der Waals surface area contributed by atoms with Gasteiger partial charge >= 0.3 is 0 Å². The summed E-state index contributed by atoms with van der Waals surface area (Å²) < 4.78 is 0. The molecule has 0 spiro atoms. The Labute approximate surface area is 209 Å². The molecule has 0 rings (SSSR count). The maximum Gasteiger partial charge on any atom is 0.233 e. The van der Waals surface area contributed by atoms with Crippen LogP contribution in [0.3, 0.4) is 0 Å². The molecular weight excluding hydrogens is 440 g/mol. The van der Waals surface area contributed by atoms with Gasteiger partial charge in [-0.05, 0) is 25.7 Å². The molecule has 34 heavy (non-hydrogen) atoms. The number of hydrogen-bond acceptors (Lipinski definition) is 8. The lowest BCUT2D eigenvalue weighted by molar-refractivity contribution is -0.573. The molecule has 8 heteroatoms. The lowest BCUT2D eigenvalue weighted by atomic mass is 10.0. The van der Waals surface area contributed by atoms with Crippen LogP contribution in [0, 0.1) is 5.92 Å². The van der Waals surface area contributed by atoms with Gasteiger partial charge in [0.1, 0.15) is 0 Å². The molecule has 0 amide bonds. The molecule has 0 saturated carbocycles. The van der Waals surface area contributed by atoms with Gasteiger partial charge in [0.2, 0.25) is 11.6 Å². The van der Waals surface area contributed by atoms with Crippen molar-refractivity contribution in [3.05, 3.63) is 0 Å².